The van der Waals surface area contributed by atoms with Gasteiger partial charge in [-0.1, -0.05) is 24.6 Å². The number of hydrogen-bond acceptors (Lipinski definition) is 6. The number of nitrogens with zero attached hydrogens (tertiary/aromatic N) is 2. The second kappa shape index (κ2) is 10.3. The predicted molar refractivity (Wildman–Crippen MR) is 126 cm³/mol. The fourth-order valence-electron chi connectivity index (χ4n) is 4.52. The molecule has 2 aliphatic heterocycles. The predicted octanol–water partition coefficient (Wildman–Crippen LogP) is 3.07. The van der Waals surface area contributed by atoms with E-state index in [1.165, 1.54) is 58.8 Å². The molecule has 0 saturated carbocycles. The quantitative estimate of drug-likeness (QED) is 0.355. The van der Waals surface area contributed by atoms with Gasteiger partial charge in [-0.15, -0.1) is 0 Å². The lowest BCUT2D eigenvalue weighted by Crippen LogP contribution is -2.35. The van der Waals surface area contributed by atoms with E-state index in [1.807, 2.05) is 0 Å². The molecular formula is C25H27FN2O6S. The number of hydrogen-bond donors (Lipinski definition) is 1. The third kappa shape index (κ3) is 4.73. The van der Waals surface area contributed by atoms with E-state index >= 15 is 0 Å². The van der Waals surface area contributed by atoms with Gasteiger partial charge >= 0.3 is 0 Å². The molecule has 0 spiro atoms. The first-order valence-corrected chi connectivity index (χ1v) is 12.8. The number of carbonyl (C=O) groups is 2. The minimum Gasteiger partial charge on any atom is -0.507 e. The number of Topliss-reactive ketones (excluding diaryl/α,β-unsaturated/α-hetero) is 1. The summed E-state index contributed by atoms with van der Waals surface area (Å²) >= 11 is 0. The number of ether oxygens (including phenoxy) is 1. The summed E-state index contributed by atoms with van der Waals surface area (Å²) in [5, 5.41) is 11.1. The first-order chi connectivity index (χ1) is 16.8. The average molecular weight is 503 g/mol. The van der Waals surface area contributed by atoms with Gasteiger partial charge in [0, 0.05) is 37.9 Å². The molecule has 2 aromatic rings. The van der Waals surface area contributed by atoms with Crippen molar-refractivity contribution in [2.24, 2.45) is 0 Å². The monoisotopic (exact) mass is 502 g/mol. The van der Waals surface area contributed by atoms with Gasteiger partial charge in [-0.05, 0) is 43.2 Å². The van der Waals surface area contributed by atoms with E-state index in [9.17, 15) is 27.5 Å². The Morgan fingerprint density at radius 3 is 2.34 bits per heavy atom. The second-order valence-corrected chi connectivity index (χ2v) is 10.4. The van der Waals surface area contributed by atoms with Crippen LogP contribution in [0.1, 0.15) is 36.4 Å². The number of benzene rings is 2. The van der Waals surface area contributed by atoms with Crippen molar-refractivity contribution in [2.75, 3.05) is 33.4 Å². The van der Waals surface area contributed by atoms with Gasteiger partial charge in [-0.3, -0.25) is 9.59 Å². The molecule has 0 bridgehead atoms. The van der Waals surface area contributed by atoms with E-state index in [1.54, 1.807) is 6.07 Å². The van der Waals surface area contributed by atoms with E-state index < -0.39 is 39.3 Å². The molecule has 186 valence electrons. The largest absolute Gasteiger partial charge is 0.507 e. The zero-order valence-electron chi connectivity index (χ0n) is 19.3. The first kappa shape index (κ1) is 25.0. The van der Waals surface area contributed by atoms with Crippen LogP contribution in [0.5, 0.6) is 0 Å². The second-order valence-electron chi connectivity index (χ2n) is 8.50. The highest BCUT2D eigenvalue weighted by molar-refractivity contribution is 7.89. The number of aliphatic hydroxyl groups excluding tert-OH is 1. The molecule has 0 aliphatic carbocycles. The first-order valence-electron chi connectivity index (χ1n) is 11.4. The Hall–Kier alpha value is -3.08. The average Bonchev–Trinajstić information content (AvgIpc) is 3.12. The third-order valence-corrected chi connectivity index (χ3v) is 8.27. The minimum absolute atomic E-state index is 0.0177. The maximum Gasteiger partial charge on any atom is 0.295 e. The van der Waals surface area contributed by atoms with Crippen molar-refractivity contribution < 1.29 is 32.2 Å². The topological polar surface area (TPSA) is 104 Å². The summed E-state index contributed by atoms with van der Waals surface area (Å²) in [6, 6.07) is 10.1. The molecule has 0 radical (unpaired) electrons. The van der Waals surface area contributed by atoms with Gasteiger partial charge in [0.05, 0.1) is 23.1 Å². The number of halogens is 1. The Kier molecular flexibility index (Phi) is 7.34. The Morgan fingerprint density at radius 2 is 1.71 bits per heavy atom. The van der Waals surface area contributed by atoms with Crippen LogP contribution in [-0.4, -0.2) is 67.8 Å². The molecule has 35 heavy (non-hydrogen) atoms. The summed E-state index contributed by atoms with van der Waals surface area (Å²) in [7, 11) is -2.24. The van der Waals surface area contributed by atoms with E-state index in [4.69, 9.17) is 4.74 Å². The van der Waals surface area contributed by atoms with Crippen LogP contribution in [0.2, 0.25) is 0 Å². The molecule has 1 amide bonds. The van der Waals surface area contributed by atoms with Crippen LogP contribution in [0.3, 0.4) is 0 Å². The molecule has 0 aromatic heterocycles. The number of ketones is 1. The minimum atomic E-state index is -3.68. The molecule has 4 rings (SSSR count). The van der Waals surface area contributed by atoms with Crippen LogP contribution in [-0.2, 0) is 24.3 Å². The third-order valence-electron chi connectivity index (χ3n) is 6.36. The van der Waals surface area contributed by atoms with Crippen molar-refractivity contribution in [2.45, 2.75) is 30.2 Å². The van der Waals surface area contributed by atoms with Crippen molar-refractivity contribution in [3.63, 3.8) is 0 Å². The molecule has 2 heterocycles. The van der Waals surface area contributed by atoms with Gasteiger partial charge in [-0.2, -0.15) is 4.31 Å². The molecule has 8 nitrogen and oxygen atoms in total. The van der Waals surface area contributed by atoms with Gasteiger partial charge in [0.1, 0.15) is 11.6 Å². The standard InChI is InChI=1S/C25H27FN2O6S/c1-34-16-15-28-22(19-7-3-4-8-20(19)26)21(24(30)25(28)31)23(29)17-9-11-18(12-10-17)35(32,33)27-13-5-2-6-14-27/h3-4,7-12,22,29H,2,5-6,13-16H2,1H3/b23-21+/t22-/m1/s1. The number of methoxy groups -OCH3 is 1. The fourth-order valence-corrected chi connectivity index (χ4v) is 6.03. The maximum atomic E-state index is 14.7. The van der Waals surface area contributed by atoms with Gasteiger partial charge in [0.2, 0.25) is 10.0 Å². The molecular weight excluding hydrogens is 475 g/mol. The zero-order chi connectivity index (χ0) is 25.2. The summed E-state index contributed by atoms with van der Waals surface area (Å²) in [4.78, 5) is 27.0. The van der Waals surface area contributed by atoms with Crippen molar-refractivity contribution in [1.29, 1.82) is 0 Å². The van der Waals surface area contributed by atoms with E-state index in [0.717, 1.165) is 19.3 Å². The summed E-state index contributed by atoms with van der Waals surface area (Å²) < 4.78 is 47.1. The summed E-state index contributed by atoms with van der Waals surface area (Å²) in [5.74, 6) is -2.95. The number of likely N-dealkylation sites (tertiary alicyclic amines) is 1. The summed E-state index contributed by atoms with van der Waals surface area (Å²) in [6.07, 6.45) is 2.60. The van der Waals surface area contributed by atoms with Crippen LogP contribution in [0, 0.1) is 5.82 Å². The molecule has 0 unspecified atom stereocenters. The van der Waals surface area contributed by atoms with E-state index in [-0.39, 0.29) is 34.7 Å². The zero-order valence-corrected chi connectivity index (χ0v) is 20.1. The van der Waals surface area contributed by atoms with E-state index in [2.05, 4.69) is 0 Å². The van der Waals surface area contributed by atoms with Crippen LogP contribution in [0.25, 0.3) is 5.76 Å². The van der Waals surface area contributed by atoms with Crippen molar-refractivity contribution in [3.8, 4) is 0 Å². The molecule has 2 fully saturated rings. The van der Waals surface area contributed by atoms with Crippen LogP contribution in [0.4, 0.5) is 4.39 Å². The lowest BCUT2D eigenvalue weighted by Gasteiger charge is -2.26. The molecule has 1 atom stereocenters. The van der Waals surface area contributed by atoms with Gasteiger partial charge < -0.3 is 14.7 Å². The molecule has 10 heteroatoms. The van der Waals surface area contributed by atoms with Crippen LogP contribution in [0.15, 0.2) is 59.0 Å². The highest BCUT2D eigenvalue weighted by Gasteiger charge is 2.46. The van der Waals surface area contributed by atoms with Gasteiger partial charge in [0.15, 0.2) is 0 Å². The summed E-state index contributed by atoms with van der Waals surface area (Å²) in [6.45, 7) is 1.04. The Balaban J connectivity index is 1.75. The Labute approximate surface area is 203 Å². The van der Waals surface area contributed by atoms with Crippen LogP contribution < -0.4 is 0 Å². The Morgan fingerprint density at radius 1 is 1.06 bits per heavy atom. The lowest BCUT2D eigenvalue weighted by atomic mass is 9.95. The summed E-state index contributed by atoms with van der Waals surface area (Å²) in [5.41, 5.74) is -0.0508. The number of piperidine rings is 1. The number of amides is 1. The highest BCUT2D eigenvalue weighted by Crippen LogP contribution is 2.40. The molecule has 2 saturated heterocycles. The molecule has 2 aromatic carbocycles. The highest BCUT2D eigenvalue weighted by atomic mass is 32.2. The maximum absolute atomic E-state index is 14.7. The van der Waals surface area contributed by atoms with Crippen molar-refractivity contribution in [1.82, 2.24) is 9.21 Å². The van der Waals surface area contributed by atoms with Gasteiger partial charge in [0.25, 0.3) is 11.7 Å². The van der Waals surface area contributed by atoms with Gasteiger partial charge in [-0.25, -0.2) is 12.8 Å². The van der Waals surface area contributed by atoms with E-state index in [0.29, 0.717) is 13.1 Å². The normalized spacial score (nSPS) is 21.0. The van der Waals surface area contributed by atoms with Crippen molar-refractivity contribution >= 4 is 27.5 Å². The molecule has 2 aliphatic rings. The van der Waals surface area contributed by atoms with Crippen LogP contribution >= 0.6 is 0 Å². The number of aliphatic hydroxyl groups is 1. The fraction of sp³-hybridized carbons (Fsp3) is 0.360. The Bertz CT molecular complexity index is 1250. The number of carbonyl (C=O) groups excluding carboxylic acids is 2. The lowest BCUT2D eigenvalue weighted by molar-refractivity contribution is -0.140. The number of rotatable bonds is 7. The van der Waals surface area contributed by atoms with Crippen molar-refractivity contribution in [3.05, 3.63) is 71.0 Å². The smallest absolute Gasteiger partial charge is 0.295 e. The molecule has 1 N–H and O–H groups in total. The SMILES string of the molecule is COCCN1C(=O)C(=O)/C(=C(/O)c2ccc(S(=O)(=O)N3CCCCC3)cc2)[C@H]1c1ccccc1F. The number of sulfonamides is 1.